The number of aromatic nitrogens is 2. The fourth-order valence-electron chi connectivity index (χ4n) is 13.1. The van der Waals surface area contributed by atoms with Gasteiger partial charge in [-0.05, 0) is 173 Å². The summed E-state index contributed by atoms with van der Waals surface area (Å²) in [6, 6.07) is 55.7. The highest BCUT2D eigenvalue weighted by Gasteiger charge is 2.48. The molecule has 0 saturated heterocycles. The third kappa shape index (κ3) is 7.38. The van der Waals surface area contributed by atoms with E-state index in [9.17, 15) is 0 Å². The molecule has 10 aromatic rings. The highest BCUT2D eigenvalue weighted by Crippen LogP contribution is 2.55. The van der Waals surface area contributed by atoms with E-state index in [1.165, 1.54) is 128 Å². The van der Waals surface area contributed by atoms with E-state index >= 15 is 0 Å². The zero-order valence-corrected chi connectivity index (χ0v) is 49.1. The van der Waals surface area contributed by atoms with Crippen molar-refractivity contribution in [3.63, 3.8) is 0 Å². The van der Waals surface area contributed by atoms with Crippen LogP contribution in [0.1, 0.15) is 158 Å². The first-order valence-electron chi connectivity index (χ1n) is 28.4. The third-order valence-corrected chi connectivity index (χ3v) is 17.7. The lowest BCUT2D eigenvalue weighted by atomic mass is 9.33. The first kappa shape index (κ1) is 49.6. The molecule has 0 bridgehead atoms. The summed E-state index contributed by atoms with van der Waals surface area (Å²) in [6.07, 6.45) is 0. The van der Waals surface area contributed by atoms with E-state index in [-0.39, 0.29) is 39.2 Å². The summed E-state index contributed by atoms with van der Waals surface area (Å²) in [5, 5.41) is 5.25. The number of hydrogen-bond donors (Lipinski definition) is 0. The molecule has 0 amide bonds. The Morgan fingerprint density at radius 1 is 0.299 bits per heavy atom. The third-order valence-electron chi connectivity index (χ3n) is 17.7. The number of benzene rings is 8. The Kier molecular flexibility index (Phi) is 10.2. The molecule has 388 valence electrons. The van der Waals surface area contributed by atoms with Crippen LogP contribution >= 0.6 is 0 Å². The predicted molar refractivity (Wildman–Crippen MR) is 335 cm³/mol. The molecule has 3 aliphatic heterocycles. The zero-order valence-electron chi connectivity index (χ0n) is 49.1. The summed E-state index contributed by atoms with van der Waals surface area (Å²) in [5.74, 6) is 0. The van der Waals surface area contributed by atoms with Crippen LogP contribution in [0.5, 0.6) is 0 Å². The van der Waals surface area contributed by atoms with Gasteiger partial charge in [0.2, 0.25) is 0 Å². The predicted octanol–water partition coefficient (Wildman–Crippen LogP) is 18.1. The van der Waals surface area contributed by atoms with Gasteiger partial charge in [0.15, 0.2) is 0 Å². The molecule has 0 aliphatic carbocycles. The van der Waals surface area contributed by atoms with Crippen LogP contribution in [-0.2, 0) is 32.5 Å². The molecular weight excluding hydrogens is 932 g/mol. The van der Waals surface area contributed by atoms with E-state index < -0.39 is 0 Å². The number of rotatable bonds is 2. The van der Waals surface area contributed by atoms with Crippen LogP contribution in [0.25, 0.3) is 55.0 Å². The lowest BCUT2D eigenvalue weighted by molar-refractivity contribution is 0.589. The molecule has 2 aromatic heterocycles. The smallest absolute Gasteiger partial charge is 0.252 e. The molecule has 0 fully saturated rings. The zero-order chi connectivity index (χ0) is 54.6. The van der Waals surface area contributed by atoms with Crippen LogP contribution in [0.4, 0.5) is 34.1 Å². The topological polar surface area (TPSA) is 16.3 Å². The van der Waals surface area contributed by atoms with E-state index in [1.807, 2.05) is 0 Å². The van der Waals surface area contributed by atoms with Crippen molar-refractivity contribution >= 4 is 101 Å². The van der Waals surface area contributed by atoms with Gasteiger partial charge in [-0.25, -0.2) is 0 Å². The number of fused-ring (bicyclic) bond motifs is 12. The van der Waals surface area contributed by atoms with Crippen LogP contribution in [0.2, 0.25) is 0 Å². The maximum atomic E-state index is 2.72. The largest absolute Gasteiger partial charge is 0.311 e. The Bertz CT molecular complexity index is 4090. The van der Waals surface area contributed by atoms with Crippen LogP contribution in [-0.4, -0.2) is 15.8 Å². The highest BCUT2D eigenvalue weighted by molar-refractivity contribution is 7.00. The summed E-state index contributed by atoms with van der Waals surface area (Å²) in [5.41, 5.74) is 26.6. The molecule has 0 radical (unpaired) electrons. The van der Waals surface area contributed by atoms with Gasteiger partial charge in [-0.15, -0.1) is 0 Å². The number of para-hydroxylation sites is 1. The summed E-state index contributed by atoms with van der Waals surface area (Å²) in [7, 11) is 0. The number of hydrogen-bond acceptors (Lipinski definition) is 2. The van der Waals surface area contributed by atoms with E-state index in [1.54, 1.807) is 0 Å². The SMILES string of the molecule is CC(C)(C)c1cc2c3c(c1)N1c4c(cc(C(C)(C)C)cc4-n4c5ccc(C(C)(C)C)cc5c5cc(C(C)(C)C)cc1c54)B3c1ccc(-n3c4ccc(C(C)(C)C)cc4c4cc(C(C)(C)C)ccc43)cc1N2c1ccccc1. The molecular formula is C72H77BN4. The Labute approximate surface area is 458 Å². The van der Waals surface area contributed by atoms with Gasteiger partial charge >= 0.3 is 0 Å². The van der Waals surface area contributed by atoms with Crippen molar-refractivity contribution in [3.8, 4) is 11.4 Å². The Morgan fingerprint density at radius 2 is 0.727 bits per heavy atom. The first-order valence-corrected chi connectivity index (χ1v) is 28.4. The molecule has 0 spiro atoms. The van der Waals surface area contributed by atoms with Crippen LogP contribution in [0.3, 0.4) is 0 Å². The van der Waals surface area contributed by atoms with Crippen molar-refractivity contribution in [3.05, 3.63) is 173 Å². The molecule has 13 rings (SSSR count). The Balaban J connectivity index is 1.17. The number of anilines is 6. The van der Waals surface area contributed by atoms with Crippen molar-refractivity contribution in [2.75, 3.05) is 9.80 Å². The van der Waals surface area contributed by atoms with Gasteiger partial charge < -0.3 is 18.9 Å². The maximum Gasteiger partial charge on any atom is 0.252 e. The van der Waals surface area contributed by atoms with Crippen molar-refractivity contribution in [1.82, 2.24) is 9.13 Å². The molecule has 0 saturated carbocycles. The number of nitrogens with zero attached hydrogens (tertiary/aromatic N) is 4. The molecule has 8 aromatic carbocycles. The second kappa shape index (κ2) is 15.8. The maximum absolute atomic E-state index is 2.72. The second-order valence-corrected chi connectivity index (χ2v) is 29.3. The fourth-order valence-corrected chi connectivity index (χ4v) is 13.1. The average Bonchev–Trinajstić information content (AvgIpc) is 4.09. The Morgan fingerprint density at radius 3 is 1.25 bits per heavy atom. The van der Waals surface area contributed by atoms with E-state index in [0.717, 1.165) is 11.4 Å². The van der Waals surface area contributed by atoms with Crippen molar-refractivity contribution in [1.29, 1.82) is 0 Å². The molecule has 4 nitrogen and oxygen atoms in total. The summed E-state index contributed by atoms with van der Waals surface area (Å²) in [4.78, 5) is 5.34. The molecule has 5 heterocycles. The van der Waals surface area contributed by atoms with Gasteiger partial charge in [0, 0.05) is 50.0 Å². The summed E-state index contributed by atoms with van der Waals surface area (Å²) in [6.45, 7) is 42.4. The normalized spacial score (nSPS) is 14.5. The molecule has 3 aliphatic rings. The van der Waals surface area contributed by atoms with Crippen molar-refractivity contribution < 1.29 is 0 Å². The Hall–Kier alpha value is -6.98. The van der Waals surface area contributed by atoms with Gasteiger partial charge in [-0.2, -0.15) is 0 Å². The van der Waals surface area contributed by atoms with Gasteiger partial charge in [0.05, 0.1) is 39.1 Å². The lowest BCUT2D eigenvalue weighted by Gasteiger charge is -2.47. The minimum Gasteiger partial charge on any atom is -0.311 e. The summed E-state index contributed by atoms with van der Waals surface area (Å²) >= 11 is 0. The fraction of sp³-hybridized carbons (Fsp3) is 0.333. The molecule has 0 N–H and O–H groups in total. The van der Waals surface area contributed by atoms with Gasteiger partial charge in [-0.1, -0.05) is 173 Å². The van der Waals surface area contributed by atoms with Gasteiger partial charge in [0.1, 0.15) is 0 Å². The first-order chi connectivity index (χ1) is 36.0. The van der Waals surface area contributed by atoms with Crippen molar-refractivity contribution in [2.24, 2.45) is 0 Å². The molecule has 77 heavy (non-hydrogen) atoms. The van der Waals surface area contributed by atoms with Crippen LogP contribution < -0.4 is 26.2 Å². The molecule has 0 atom stereocenters. The lowest BCUT2D eigenvalue weighted by Crippen LogP contribution is -2.62. The van der Waals surface area contributed by atoms with Crippen molar-refractivity contribution in [2.45, 2.75) is 157 Å². The monoisotopic (exact) mass is 1010 g/mol. The summed E-state index contributed by atoms with van der Waals surface area (Å²) < 4.78 is 5.20. The molecule has 0 unspecified atom stereocenters. The molecule has 5 heteroatoms. The minimum absolute atomic E-state index is 0.00112. The van der Waals surface area contributed by atoms with Gasteiger partial charge in [0.25, 0.3) is 6.71 Å². The van der Waals surface area contributed by atoms with Gasteiger partial charge in [-0.3, -0.25) is 0 Å². The van der Waals surface area contributed by atoms with E-state index in [0.29, 0.717) is 0 Å². The average molecular weight is 1010 g/mol. The second-order valence-electron chi connectivity index (χ2n) is 29.3. The minimum atomic E-state index is -0.151. The van der Waals surface area contributed by atoms with Crippen LogP contribution in [0, 0.1) is 0 Å². The standard InChI is InChI=1S/C72H77BN4/c1-67(2,3)42-24-29-56-50(32-42)51-33-43(68(4,5)6)25-30-57(51)75(56)49-27-28-54-59(41-49)74(48-22-20-19-21-23-48)60-37-47(72(16,17)18)38-61-64(60)73(54)55-36-46(71(13,14)15)40-63-66(55)77(61)62-39-45(70(10,11)12)35-53-52-34-44(69(7,8)9)26-31-58(52)76(63)65(53)62/h19-41H,1-18H3. The quantitative estimate of drug-likeness (QED) is 0.160. The van der Waals surface area contributed by atoms with Crippen LogP contribution in [0.15, 0.2) is 140 Å². The van der Waals surface area contributed by atoms with E-state index in [2.05, 4.69) is 283 Å². The highest BCUT2D eigenvalue weighted by atomic mass is 15.2. The van der Waals surface area contributed by atoms with E-state index in [4.69, 9.17) is 0 Å².